The van der Waals surface area contributed by atoms with E-state index in [1.54, 1.807) is 0 Å². The highest BCUT2D eigenvalue weighted by atomic mass is 28.3. The molecule has 0 spiro atoms. The SMILES string of the molecule is C=C(c1ccccc1)c1ccc(CCC[SiH](C)N(CCCC)CCCC)cc1. The number of hydrogen-bond donors (Lipinski definition) is 0. The highest BCUT2D eigenvalue weighted by molar-refractivity contribution is 6.54. The van der Waals surface area contributed by atoms with Crippen LogP contribution in [0.2, 0.25) is 12.6 Å². The van der Waals surface area contributed by atoms with Gasteiger partial charge < -0.3 is 4.57 Å². The Kier molecular flexibility index (Phi) is 10.3. The Morgan fingerprint density at radius 3 is 1.96 bits per heavy atom. The molecule has 0 radical (unpaired) electrons. The molecule has 2 rings (SSSR count). The molecule has 0 heterocycles. The van der Waals surface area contributed by atoms with Gasteiger partial charge in [-0.05, 0) is 60.7 Å². The largest absolute Gasteiger partial charge is 0.326 e. The van der Waals surface area contributed by atoms with Crippen LogP contribution in [0.1, 0.15) is 62.6 Å². The van der Waals surface area contributed by atoms with Crippen molar-refractivity contribution >= 4 is 14.5 Å². The zero-order valence-electron chi connectivity index (χ0n) is 18.3. The Bertz CT molecular complexity index is 669. The molecule has 1 nitrogen and oxygen atoms in total. The second kappa shape index (κ2) is 12.7. The van der Waals surface area contributed by atoms with E-state index in [4.69, 9.17) is 0 Å². The van der Waals surface area contributed by atoms with Gasteiger partial charge in [-0.1, -0.05) is 101 Å². The average Bonchev–Trinajstić information content (AvgIpc) is 2.74. The highest BCUT2D eigenvalue weighted by Crippen LogP contribution is 2.22. The van der Waals surface area contributed by atoms with Gasteiger partial charge in [-0.2, -0.15) is 0 Å². The third kappa shape index (κ3) is 7.41. The van der Waals surface area contributed by atoms with Crippen LogP contribution >= 0.6 is 0 Å². The van der Waals surface area contributed by atoms with Crippen LogP contribution in [0.15, 0.2) is 61.2 Å². The van der Waals surface area contributed by atoms with Crippen LogP contribution in [0.3, 0.4) is 0 Å². The van der Waals surface area contributed by atoms with Gasteiger partial charge in [0.25, 0.3) is 0 Å². The van der Waals surface area contributed by atoms with Crippen LogP contribution in [-0.4, -0.2) is 26.6 Å². The number of nitrogens with zero attached hydrogens (tertiary/aromatic N) is 1. The van der Waals surface area contributed by atoms with Gasteiger partial charge in [0, 0.05) is 0 Å². The highest BCUT2D eigenvalue weighted by Gasteiger charge is 2.14. The normalized spacial score (nSPS) is 12.3. The summed E-state index contributed by atoms with van der Waals surface area (Å²) in [5.74, 6) is 0. The van der Waals surface area contributed by atoms with Gasteiger partial charge in [-0.15, -0.1) is 0 Å². The smallest absolute Gasteiger partial charge is 0.108 e. The second-order valence-electron chi connectivity index (χ2n) is 8.03. The molecule has 0 aliphatic rings. The molecule has 0 aliphatic carbocycles. The van der Waals surface area contributed by atoms with Crippen molar-refractivity contribution < 1.29 is 0 Å². The molecule has 2 aromatic rings. The minimum absolute atomic E-state index is 0.769. The molecule has 1 atom stereocenters. The summed E-state index contributed by atoms with van der Waals surface area (Å²) in [7, 11) is -0.769. The van der Waals surface area contributed by atoms with E-state index in [-0.39, 0.29) is 0 Å². The van der Waals surface area contributed by atoms with E-state index in [0.717, 1.165) is 5.57 Å². The zero-order valence-corrected chi connectivity index (χ0v) is 19.4. The molecule has 0 aromatic heterocycles. The second-order valence-corrected chi connectivity index (χ2v) is 11.0. The summed E-state index contributed by atoms with van der Waals surface area (Å²) in [4.78, 5) is 0. The minimum Gasteiger partial charge on any atom is -0.326 e. The molecule has 1 unspecified atom stereocenters. The molecule has 28 heavy (non-hydrogen) atoms. The summed E-state index contributed by atoms with van der Waals surface area (Å²) in [6.07, 6.45) is 7.85. The number of hydrogen-bond acceptors (Lipinski definition) is 1. The summed E-state index contributed by atoms with van der Waals surface area (Å²) in [6, 6.07) is 20.9. The number of rotatable bonds is 13. The molecular formula is C26H39NSi. The van der Waals surface area contributed by atoms with Gasteiger partial charge in [-0.25, -0.2) is 0 Å². The molecule has 0 saturated heterocycles. The first kappa shape index (κ1) is 22.6. The molecule has 0 bridgehead atoms. The standard InChI is InChI=1S/C26H39NSi/c1-5-7-20-27(21-8-6-2)28(4)22-12-13-24-16-18-26(19-17-24)23(3)25-14-10-9-11-15-25/h9-11,14-19,28H,3,5-8,12-13,20-22H2,1-2,4H3. The van der Waals surface area contributed by atoms with Gasteiger partial charge in [0.1, 0.15) is 8.96 Å². The maximum Gasteiger partial charge on any atom is 0.108 e. The molecule has 0 fully saturated rings. The number of aryl methyl sites for hydroxylation is 1. The van der Waals surface area contributed by atoms with Crippen molar-refractivity contribution in [1.82, 2.24) is 4.57 Å². The van der Waals surface area contributed by atoms with Gasteiger partial charge in [-0.3, -0.25) is 0 Å². The number of benzene rings is 2. The van der Waals surface area contributed by atoms with Gasteiger partial charge in [0.05, 0.1) is 0 Å². The van der Waals surface area contributed by atoms with E-state index in [1.165, 1.54) is 74.3 Å². The van der Waals surface area contributed by atoms with Crippen LogP contribution in [-0.2, 0) is 6.42 Å². The van der Waals surface area contributed by atoms with Crippen LogP contribution in [0.25, 0.3) is 5.57 Å². The molecular weight excluding hydrogens is 354 g/mol. The van der Waals surface area contributed by atoms with Gasteiger partial charge >= 0.3 is 0 Å². The van der Waals surface area contributed by atoms with E-state index in [0.29, 0.717) is 0 Å². The first-order valence-corrected chi connectivity index (χ1v) is 13.7. The Balaban J connectivity index is 1.82. The van der Waals surface area contributed by atoms with E-state index >= 15 is 0 Å². The maximum atomic E-state index is 4.28. The predicted molar refractivity (Wildman–Crippen MR) is 129 cm³/mol. The fourth-order valence-electron chi connectivity index (χ4n) is 3.74. The van der Waals surface area contributed by atoms with Crippen LogP contribution in [0.5, 0.6) is 0 Å². The quantitative estimate of drug-likeness (QED) is 0.333. The van der Waals surface area contributed by atoms with Gasteiger partial charge in [0.2, 0.25) is 0 Å². The van der Waals surface area contributed by atoms with E-state index in [1.807, 2.05) is 0 Å². The first-order chi connectivity index (χ1) is 13.7. The van der Waals surface area contributed by atoms with Crippen LogP contribution in [0, 0.1) is 0 Å². The molecule has 0 saturated carbocycles. The topological polar surface area (TPSA) is 3.24 Å². The first-order valence-electron chi connectivity index (χ1n) is 11.2. The summed E-state index contributed by atoms with van der Waals surface area (Å²) >= 11 is 0. The van der Waals surface area contributed by atoms with Crippen molar-refractivity contribution in [3.8, 4) is 0 Å². The Hall–Kier alpha value is -1.64. The van der Waals surface area contributed by atoms with Crippen molar-refractivity contribution in [3.63, 3.8) is 0 Å². The molecule has 0 amide bonds. The molecule has 0 aliphatic heterocycles. The Morgan fingerprint density at radius 1 is 0.821 bits per heavy atom. The monoisotopic (exact) mass is 393 g/mol. The van der Waals surface area contributed by atoms with Crippen molar-refractivity contribution in [2.75, 3.05) is 13.1 Å². The third-order valence-electron chi connectivity index (χ3n) is 5.73. The van der Waals surface area contributed by atoms with E-state index in [2.05, 4.69) is 86.1 Å². The lowest BCUT2D eigenvalue weighted by Crippen LogP contribution is -2.38. The van der Waals surface area contributed by atoms with Crippen molar-refractivity contribution in [2.24, 2.45) is 0 Å². The summed E-state index contributed by atoms with van der Waals surface area (Å²) in [6.45, 7) is 14.1. The van der Waals surface area contributed by atoms with Crippen LogP contribution < -0.4 is 0 Å². The lowest BCUT2D eigenvalue weighted by Gasteiger charge is -2.28. The summed E-state index contributed by atoms with van der Waals surface area (Å²) in [5.41, 5.74) is 4.99. The van der Waals surface area contributed by atoms with Crippen molar-refractivity contribution in [1.29, 1.82) is 0 Å². The van der Waals surface area contributed by atoms with Gasteiger partial charge in [0.15, 0.2) is 0 Å². The summed E-state index contributed by atoms with van der Waals surface area (Å²) < 4.78 is 2.85. The minimum atomic E-state index is -0.769. The lowest BCUT2D eigenvalue weighted by atomic mass is 9.98. The Labute approximate surface area is 175 Å². The summed E-state index contributed by atoms with van der Waals surface area (Å²) in [5, 5.41) is 0. The predicted octanol–water partition coefficient (Wildman–Crippen LogP) is 6.94. The third-order valence-corrected chi connectivity index (χ3v) is 8.74. The fourth-order valence-corrected chi connectivity index (χ4v) is 6.14. The fraction of sp³-hybridized carbons (Fsp3) is 0.462. The maximum absolute atomic E-state index is 4.28. The molecule has 2 heteroatoms. The van der Waals surface area contributed by atoms with Crippen molar-refractivity contribution in [2.45, 2.75) is 65.0 Å². The lowest BCUT2D eigenvalue weighted by molar-refractivity contribution is 0.409. The van der Waals surface area contributed by atoms with Crippen LogP contribution in [0.4, 0.5) is 0 Å². The van der Waals surface area contributed by atoms with E-state index < -0.39 is 8.96 Å². The molecule has 0 N–H and O–H groups in total. The van der Waals surface area contributed by atoms with Crippen molar-refractivity contribution in [3.05, 3.63) is 77.9 Å². The molecule has 2 aromatic carbocycles. The Morgan fingerprint density at radius 2 is 1.39 bits per heavy atom. The number of unbranched alkanes of at least 4 members (excludes halogenated alkanes) is 2. The van der Waals surface area contributed by atoms with E-state index in [9.17, 15) is 0 Å². The average molecular weight is 394 g/mol. The zero-order chi connectivity index (χ0) is 20.2. The molecule has 152 valence electrons.